The van der Waals surface area contributed by atoms with Crippen LogP contribution in [0.2, 0.25) is 0 Å². The van der Waals surface area contributed by atoms with Gasteiger partial charge < -0.3 is 36.4 Å². The molecule has 0 radical (unpaired) electrons. The second-order valence-corrected chi connectivity index (χ2v) is 13.1. The van der Waals surface area contributed by atoms with Crippen LogP contribution in [-0.4, -0.2) is 77.3 Å². The average molecular weight is 548 g/mol. The molecule has 38 heavy (non-hydrogen) atoms. The lowest BCUT2D eigenvalue weighted by Gasteiger charge is -2.42. The number of rotatable bonds is 10. The molecule has 3 amide bonds. The summed E-state index contributed by atoms with van der Waals surface area (Å²) in [4.78, 5) is 23.2. The molecule has 7 N–H and O–H groups in total. The lowest BCUT2D eigenvalue weighted by Crippen LogP contribution is -2.47. The van der Waals surface area contributed by atoms with Crippen LogP contribution < -0.4 is 21.1 Å². The first kappa shape index (κ1) is 29.8. The van der Waals surface area contributed by atoms with Gasteiger partial charge in [-0.1, -0.05) is 30.3 Å². The van der Waals surface area contributed by atoms with Gasteiger partial charge in [0.05, 0.1) is 24.2 Å². The van der Waals surface area contributed by atoms with E-state index in [1.165, 1.54) is 0 Å². The molecule has 1 heterocycles. The van der Waals surface area contributed by atoms with Gasteiger partial charge in [-0.25, -0.2) is 15.7 Å². The third-order valence-electron chi connectivity index (χ3n) is 7.06. The average Bonchev–Trinajstić information content (AvgIpc) is 2.86. The molecule has 0 aromatic heterocycles. The summed E-state index contributed by atoms with van der Waals surface area (Å²) >= 11 is 0. The van der Waals surface area contributed by atoms with E-state index in [-0.39, 0.29) is 18.4 Å². The van der Waals surface area contributed by atoms with Crippen LogP contribution >= 0.6 is 10.9 Å². The van der Waals surface area contributed by atoms with Crippen molar-refractivity contribution in [1.29, 1.82) is 0 Å². The van der Waals surface area contributed by atoms with E-state index >= 15 is 0 Å². The zero-order valence-electron chi connectivity index (χ0n) is 22.5. The van der Waals surface area contributed by atoms with Crippen LogP contribution in [0.4, 0.5) is 4.79 Å². The highest BCUT2D eigenvalue weighted by Crippen LogP contribution is 2.48. The Bertz CT molecular complexity index is 1110. The summed E-state index contributed by atoms with van der Waals surface area (Å²) in [5, 5.41) is 36.0. The number of primary amides is 1. The molecule has 0 aliphatic carbocycles. The second kappa shape index (κ2) is 12.8. The number of carbonyl (C=O) groups excluding carboxylic acids is 2. The van der Waals surface area contributed by atoms with Gasteiger partial charge in [0, 0.05) is 17.5 Å². The molecule has 2 aromatic rings. The lowest BCUT2D eigenvalue weighted by molar-refractivity contribution is -0.125. The molecule has 3 rings (SSSR count). The number of nitrogens with two attached hydrogens (primary N) is 1. The fourth-order valence-corrected chi connectivity index (χ4v) is 6.82. The first-order valence-corrected chi connectivity index (χ1v) is 14.8. The summed E-state index contributed by atoms with van der Waals surface area (Å²) in [6.45, 7) is 6.12. The van der Waals surface area contributed by atoms with E-state index in [2.05, 4.69) is 29.9 Å². The summed E-state index contributed by atoms with van der Waals surface area (Å²) in [5.41, 5.74) is 8.86. The van der Waals surface area contributed by atoms with Crippen LogP contribution in [0.15, 0.2) is 42.5 Å². The molecule has 0 spiro atoms. The Morgan fingerprint density at radius 2 is 1.76 bits per heavy atom. The standard InChI is InChI=1S/C28H41N3O6S/c1-17-5-8-19(25-24(34)23(33)22(32)15-38(25)4)14-20(17)13-18-6-9-21(10-7-18)37-12-11-30-27(36)31-16-28(2,3)26(29)35/h5-10,14,22-25,32-34,38H,11-13,15-16H2,1-4H3,(H2,29,35)(H2,30,31,36)/t22-,23-,24-,25?/m1/s1. The number of hydrogen-bond acceptors (Lipinski definition) is 6. The minimum absolute atomic E-state index is 0.144. The Labute approximate surface area is 227 Å². The van der Waals surface area contributed by atoms with Crippen molar-refractivity contribution in [2.75, 3.05) is 31.7 Å². The number of nitrogens with one attached hydrogen (secondary N) is 2. The molecule has 0 saturated carbocycles. The number of amides is 3. The maximum atomic E-state index is 11.9. The summed E-state index contributed by atoms with van der Waals surface area (Å²) < 4.78 is 5.72. The minimum Gasteiger partial charge on any atom is -0.492 e. The topological polar surface area (TPSA) is 154 Å². The molecule has 9 nitrogen and oxygen atoms in total. The monoisotopic (exact) mass is 547 g/mol. The van der Waals surface area contributed by atoms with Crippen LogP contribution in [0.25, 0.3) is 0 Å². The van der Waals surface area contributed by atoms with Gasteiger partial charge in [-0.05, 0) is 67.8 Å². The molecule has 1 fully saturated rings. The number of thiol groups is 1. The molecule has 5 atom stereocenters. The molecule has 1 aliphatic heterocycles. The van der Waals surface area contributed by atoms with Gasteiger partial charge in [0.2, 0.25) is 5.91 Å². The number of ether oxygens (including phenoxy) is 1. The maximum absolute atomic E-state index is 11.9. The fourth-order valence-electron chi connectivity index (χ4n) is 4.42. The Kier molecular flexibility index (Phi) is 10.1. The molecule has 2 unspecified atom stereocenters. The van der Waals surface area contributed by atoms with E-state index in [0.717, 1.165) is 22.3 Å². The van der Waals surface area contributed by atoms with Crippen LogP contribution in [0, 0.1) is 12.3 Å². The summed E-state index contributed by atoms with van der Waals surface area (Å²) in [6.07, 6.45) is -0.224. The van der Waals surface area contributed by atoms with Crippen LogP contribution in [0.3, 0.4) is 0 Å². The molecule has 1 saturated heterocycles. The van der Waals surface area contributed by atoms with Gasteiger partial charge in [-0.15, -0.1) is 0 Å². The van der Waals surface area contributed by atoms with E-state index in [0.29, 0.717) is 24.5 Å². The number of aliphatic hydroxyl groups excluding tert-OH is 3. The van der Waals surface area contributed by atoms with E-state index in [4.69, 9.17) is 10.5 Å². The quantitative estimate of drug-likeness (QED) is 0.177. The highest BCUT2D eigenvalue weighted by molar-refractivity contribution is 8.16. The van der Waals surface area contributed by atoms with Crippen molar-refractivity contribution in [3.8, 4) is 5.75 Å². The third-order valence-corrected chi connectivity index (χ3v) is 9.57. The number of aryl methyl sites for hydroxylation is 1. The molecule has 0 bridgehead atoms. The zero-order valence-corrected chi connectivity index (χ0v) is 23.4. The highest BCUT2D eigenvalue weighted by atomic mass is 32.2. The molecular formula is C28H41N3O6S. The van der Waals surface area contributed by atoms with Crippen molar-refractivity contribution >= 4 is 22.8 Å². The Hall–Kier alpha value is -2.79. The Morgan fingerprint density at radius 3 is 2.42 bits per heavy atom. The van der Waals surface area contributed by atoms with Crippen molar-refractivity contribution < 1.29 is 29.6 Å². The predicted octanol–water partition coefficient (Wildman–Crippen LogP) is 1.54. The van der Waals surface area contributed by atoms with E-state index in [1.807, 2.05) is 36.4 Å². The molecular weight excluding hydrogens is 506 g/mol. The minimum atomic E-state index is -1.13. The fraction of sp³-hybridized carbons (Fsp3) is 0.500. The van der Waals surface area contributed by atoms with Gasteiger partial charge >= 0.3 is 6.03 Å². The first-order chi connectivity index (χ1) is 17.9. The number of carbonyl (C=O) groups is 2. The molecule has 2 aromatic carbocycles. The smallest absolute Gasteiger partial charge is 0.314 e. The van der Waals surface area contributed by atoms with Crippen molar-refractivity contribution in [3.63, 3.8) is 0 Å². The number of aliphatic hydroxyl groups is 3. The van der Waals surface area contributed by atoms with E-state index in [9.17, 15) is 24.9 Å². The largest absolute Gasteiger partial charge is 0.492 e. The third kappa shape index (κ3) is 7.63. The van der Waals surface area contributed by atoms with Gasteiger partial charge in [-0.3, -0.25) is 4.79 Å². The van der Waals surface area contributed by atoms with E-state index < -0.39 is 46.6 Å². The van der Waals surface area contributed by atoms with E-state index in [1.54, 1.807) is 13.8 Å². The molecule has 1 aliphatic rings. The van der Waals surface area contributed by atoms with Gasteiger partial charge in [0.1, 0.15) is 18.5 Å². The van der Waals surface area contributed by atoms with Crippen molar-refractivity contribution in [2.45, 2.75) is 50.8 Å². The molecule has 210 valence electrons. The van der Waals surface area contributed by atoms with Crippen LogP contribution in [0.1, 0.15) is 41.4 Å². The number of urea groups is 1. The molecule has 10 heteroatoms. The normalized spacial score (nSPS) is 24.4. The van der Waals surface area contributed by atoms with Crippen LogP contribution in [0.5, 0.6) is 5.75 Å². The lowest BCUT2D eigenvalue weighted by atomic mass is 9.93. The number of hydrogen-bond donors (Lipinski definition) is 7. The Balaban J connectivity index is 1.52. The summed E-state index contributed by atoms with van der Waals surface area (Å²) in [7, 11) is -0.670. The van der Waals surface area contributed by atoms with Gasteiger partial charge in [-0.2, -0.15) is 0 Å². The second-order valence-electron chi connectivity index (χ2n) is 10.6. The van der Waals surface area contributed by atoms with Gasteiger partial charge in [0.25, 0.3) is 0 Å². The SMILES string of the molecule is Cc1ccc(C2[C@H](O)[C@H](O)[C@H](O)C[SH]2C)cc1Cc1ccc(OCCNC(=O)NCC(C)(C)C(N)=O)cc1. The first-order valence-electron chi connectivity index (χ1n) is 12.8. The Morgan fingerprint density at radius 1 is 1.08 bits per heavy atom. The van der Waals surface area contributed by atoms with Crippen molar-refractivity contribution in [2.24, 2.45) is 11.1 Å². The van der Waals surface area contributed by atoms with Crippen molar-refractivity contribution in [1.82, 2.24) is 10.6 Å². The predicted molar refractivity (Wildman–Crippen MR) is 151 cm³/mol. The highest BCUT2D eigenvalue weighted by Gasteiger charge is 2.40. The summed E-state index contributed by atoms with van der Waals surface area (Å²) in [6, 6.07) is 13.5. The van der Waals surface area contributed by atoms with Crippen molar-refractivity contribution in [3.05, 3.63) is 64.7 Å². The zero-order chi connectivity index (χ0) is 28.0. The summed E-state index contributed by atoms with van der Waals surface area (Å²) in [5.74, 6) is 0.716. The van der Waals surface area contributed by atoms with Crippen LogP contribution in [-0.2, 0) is 11.2 Å². The number of benzene rings is 2. The maximum Gasteiger partial charge on any atom is 0.314 e. The van der Waals surface area contributed by atoms with Gasteiger partial charge in [0.15, 0.2) is 0 Å².